The van der Waals surface area contributed by atoms with Gasteiger partial charge in [-0.2, -0.15) is 8.78 Å². The van der Waals surface area contributed by atoms with E-state index in [9.17, 15) is 22.4 Å². The zero-order chi connectivity index (χ0) is 35.1. The minimum absolute atomic E-state index is 0.0665. The van der Waals surface area contributed by atoms with Gasteiger partial charge in [0.05, 0.1) is 20.3 Å². The second kappa shape index (κ2) is 18.8. The van der Waals surface area contributed by atoms with E-state index in [1.165, 1.54) is 24.1 Å². The molecule has 1 unspecified atom stereocenters. The summed E-state index contributed by atoms with van der Waals surface area (Å²) in [6.45, 7) is 5.89. The van der Waals surface area contributed by atoms with Gasteiger partial charge >= 0.3 is 6.61 Å². The number of rotatable bonds is 14. The van der Waals surface area contributed by atoms with E-state index >= 15 is 0 Å². The number of hydrogen-bond donors (Lipinski definition) is 1. The molecule has 48 heavy (non-hydrogen) atoms. The van der Waals surface area contributed by atoms with Crippen LogP contribution in [0.2, 0.25) is 0 Å². The van der Waals surface area contributed by atoms with E-state index in [1.807, 2.05) is 13.8 Å². The molecule has 10 nitrogen and oxygen atoms in total. The average molecular weight is 679 g/mol. The first-order valence-corrected chi connectivity index (χ1v) is 15.3. The van der Waals surface area contributed by atoms with Gasteiger partial charge in [0, 0.05) is 68.5 Å². The normalized spacial score (nSPS) is 14.9. The number of hydrogen-bond acceptors (Lipinski definition) is 8. The highest BCUT2D eigenvalue weighted by Gasteiger charge is 2.48. The van der Waals surface area contributed by atoms with Gasteiger partial charge in [-0.05, 0) is 37.6 Å². The minimum atomic E-state index is -2.74. The molecule has 0 radical (unpaired) electrons. The highest BCUT2D eigenvalue weighted by atomic mass is 19.3. The highest BCUT2D eigenvalue weighted by molar-refractivity contribution is 5.78. The summed E-state index contributed by atoms with van der Waals surface area (Å²) < 4.78 is 72.8. The second-order valence-electron chi connectivity index (χ2n) is 11.3. The van der Waals surface area contributed by atoms with Crippen molar-refractivity contribution in [3.8, 4) is 17.4 Å². The highest BCUT2D eigenvalue weighted by Crippen LogP contribution is 2.37. The molecule has 1 aromatic heterocycles. The Balaban J connectivity index is 0.000000346. The fourth-order valence-electron chi connectivity index (χ4n) is 5.27. The molecule has 1 spiro atoms. The van der Waals surface area contributed by atoms with Crippen molar-refractivity contribution >= 4 is 18.5 Å². The van der Waals surface area contributed by atoms with E-state index in [4.69, 9.17) is 19.0 Å². The predicted molar refractivity (Wildman–Crippen MR) is 172 cm³/mol. The number of likely N-dealkylation sites (tertiary alicyclic amines) is 1. The standard InChI is InChI=1S/C24H29F2N3O4.C8H8F2O.C2H5NO/c1-3-17(22-19(25)9-18(31-2)10-20(22)26)11-29(16-30)21-5-4-6-27-23(21)33-8-7-28-12-24(13-28)14-32-15-24;1-6-2-4-7(5-3-6)11-8(9)10;1-3-2-4/h4-6,9-10,16-17H,3,7-8,11-15H2,1-2H3;2-5,8H,1H3;2H,1H3,(H,3,4). The number of pyridine rings is 1. The fourth-order valence-corrected chi connectivity index (χ4v) is 5.27. The smallest absolute Gasteiger partial charge is 0.387 e. The first-order chi connectivity index (χ1) is 23.1. The monoisotopic (exact) mass is 678 g/mol. The van der Waals surface area contributed by atoms with Crippen LogP contribution >= 0.6 is 0 Å². The minimum Gasteiger partial charge on any atom is -0.497 e. The molecule has 1 atom stereocenters. The lowest BCUT2D eigenvalue weighted by atomic mass is 9.78. The largest absolute Gasteiger partial charge is 0.497 e. The van der Waals surface area contributed by atoms with Crippen LogP contribution in [0.15, 0.2) is 54.7 Å². The lowest BCUT2D eigenvalue weighted by molar-refractivity contribution is -0.189. The number of anilines is 1. The van der Waals surface area contributed by atoms with Gasteiger partial charge in [-0.3, -0.25) is 14.5 Å². The first kappa shape index (κ1) is 38.0. The Kier molecular flexibility index (Phi) is 14.9. The van der Waals surface area contributed by atoms with Gasteiger partial charge in [-0.15, -0.1) is 0 Å². The molecule has 0 aliphatic carbocycles. The zero-order valence-corrected chi connectivity index (χ0v) is 27.5. The van der Waals surface area contributed by atoms with Crippen LogP contribution in [0.4, 0.5) is 23.2 Å². The van der Waals surface area contributed by atoms with Gasteiger partial charge in [-0.25, -0.2) is 13.8 Å². The Hall–Kier alpha value is -4.43. The van der Waals surface area contributed by atoms with Crippen molar-refractivity contribution in [1.29, 1.82) is 0 Å². The molecule has 262 valence electrons. The molecule has 2 saturated heterocycles. The second-order valence-corrected chi connectivity index (χ2v) is 11.3. The van der Waals surface area contributed by atoms with Gasteiger partial charge in [-0.1, -0.05) is 24.6 Å². The van der Waals surface area contributed by atoms with Gasteiger partial charge in [0.1, 0.15) is 35.4 Å². The molecule has 1 N–H and O–H groups in total. The van der Waals surface area contributed by atoms with Crippen molar-refractivity contribution in [3.05, 3.63) is 77.5 Å². The van der Waals surface area contributed by atoms with Crippen molar-refractivity contribution in [3.63, 3.8) is 0 Å². The number of alkyl halides is 2. The van der Waals surface area contributed by atoms with E-state index in [1.54, 1.807) is 37.5 Å². The summed E-state index contributed by atoms with van der Waals surface area (Å²) in [6, 6.07) is 12.2. The first-order valence-electron chi connectivity index (χ1n) is 15.3. The number of ether oxygens (including phenoxy) is 4. The van der Waals surface area contributed by atoms with Crippen LogP contribution < -0.4 is 24.4 Å². The summed E-state index contributed by atoms with van der Waals surface area (Å²) in [5, 5.41) is 2.25. The molecule has 0 saturated carbocycles. The Bertz CT molecular complexity index is 1410. The van der Waals surface area contributed by atoms with Gasteiger partial charge in [0.2, 0.25) is 18.7 Å². The van der Waals surface area contributed by atoms with E-state index in [-0.39, 0.29) is 23.6 Å². The van der Waals surface area contributed by atoms with Crippen LogP contribution in [0.25, 0.3) is 0 Å². The number of carbonyl (C=O) groups excluding carboxylic acids is 2. The van der Waals surface area contributed by atoms with E-state index in [2.05, 4.69) is 19.9 Å². The lowest BCUT2D eigenvalue weighted by Crippen LogP contribution is -2.66. The van der Waals surface area contributed by atoms with Gasteiger partial charge < -0.3 is 29.2 Å². The molecule has 14 heteroatoms. The number of nitrogens with one attached hydrogen (secondary N) is 1. The maximum absolute atomic E-state index is 14.7. The average Bonchev–Trinajstić information content (AvgIpc) is 3.04. The van der Waals surface area contributed by atoms with Gasteiger partial charge in [0.25, 0.3) is 0 Å². The van der Waals surface area contributed by atoms with E-state index in [0.717, 1.165) is 50.5 Å². The third-order valence-electron chi connectivity index (χ3n) is 7.74. The summed E-state index contributed by atoms with van der Waals surface area (Å²) >= 11 is 0. The molecule has 2 amide bonds. The molecule has 2 fully saturated rings. The number of aromatic nitrogens is 1. The molecule has 0 bridgehead atoms. The SMILES string of the molecule is CCC(CN(C=O)c1cccnc1OCCN1CC2(COC2)C1)c1c(F)cc(OC)cc1F.CNC=O.Cc1ccc(OC(F)F)cc1. The molecule has 3 aromatic rings. The predicted octanol–water partition coefficient (Wildman–Crippen LogP) is 5.19. The lowest BCUT2D eigenvalue weighted by Gasteiger charge is -2.55. The third kappa shape index (κ3) is 10.8. The number of halogens is 4. The summed E-state index contributed by atoms with van der Waals surface area (Å²) in [5.41, 5.74) is 1.76. The number of amides is 2. The van der Waals surface area contributed by atoms with Crippen LogP contribution in [-0.4, -0.2) is 89.5 Å². The van der Waals surface area contributed by atoms with Crippen molar-refractivity contribution in [2.24, 2.45) is 5.41 Å². The van der Waals surface area contributed by atoms with Crippen molar-refractivity contribution in [2.75, 3.05) is 65.1 Å². The summed E-state index contributed by atoms with van der Waals surface area (Å²) in [5.74, 6) is -1.33. The van der Waals surface area contributed by atoms with E-state index < -0.39 is 24.2 Å². The number of aryl methyl sites for hydroxylation is 1. The summed E-state index contributed by atoms with van der Waals surface area (Å²) in [7, 11) is 2.91. The summed E-state index contributed by atoms with van der Waals surface area (Å²) in [6.07, 6.45) is 3.29. The van der Waals surface area contributed by atoms with Gasteiger partial charge in [0.15, 0.2) is 0 Å². The zero-order valence-electron chi connectivity index (χ0n) is 27.5. The van der Waals surface area contributed by atoms with Crippen LogP contribution in [0.3, 0.4) is 0 Å². The molecule has 2 aromatic carbocycles. The van der Waals surface area contributed by atoms with Crippen molar-refractivity contribution < 1.29 is 46.1 Å². The molecular formula is C34H42F4N4O6. The quantitative estimate of drug-likeness (QED) is 0.184. The molecular weight excluding hydrogens is 636 g/mol. The van der Waals surface area contributed by atoms with Crippen LogP contribution in [-0.2, 0) is 14.3 Å². The number of carbonyl (C=O) groups is 2. The van der Waals surface area contributed by atoms with Crippen LogP contribution in [0, 0.1) is 24.0 Å². The van der Waals surface area contributed by atoms with Crippen LogP contribution in [0.1, 0.15) is 30.4 Å². The van der Waals surface area contributed by atoms with E-state index in [0.29, 0.717) is 42.8 Å². The molecule has 3 heterocycles. The molecule has 2 aliphatic heterocycles. The third-order valence-corrected chi connectivity index (χ3v) is 7.74. The fraction of sp³-hybridized carbons (Fsp3) is 0.441. The Labute approximate surface area is 277 Å². The number of benzene rings is 2. The maximum atomic E-state index is 14.7. The number of methoxy groups -OCH3 is 1. The Morgan fingerprint density at radius 2 is 1.73 bits per heavy atom. The van der Waals surface area contributed by atoms with Crippen LogP contribution in [0.5, 0.6) is 17.4 Å². The Morgan fingerprint density at radius 1 is 1.08 bits per heavy atom. The Morgan fingerprint density at radius 3 is 2.23 bits per heavy atom. The van der Waals surface area contributed by atoms with Crippen molar-refractivity contribution in [1.82, 2.24) is 15.2 Å². The van der Waals surface area contributed by atoms with Crippen molar-refractivity contribution in [2.45, 2.75) is 32.8 Å². The molecule has 5 rings (SSSR count). The maximum Gasteiger partial charge on any atom is 0.387 e. The topological polar surface area (TPSA) is 102 Å². The number of nitrogens with zero attached hydrogens (tertiary/aromatic N) is 3. The summed E-state index contributed by atoms with van der Waals surface area (Å²) in [4.78, 5) is 29.0. The molecule has 2 aliphatic rings.